The smallest absolute Gasteiger partial charge is 0.176 e. The predicted octanol–water partition coefficient (Wildman–Crippen LogP) is 3.00. The molecule has 1 aromatic carbocycles. The molecule has 3 unspecified atom stereocenters. The summed E-state index contributed by atoms with van der Waals surface area (Å²) in [7, 11) is 5.22. The second-order valence-electron chi connectivity index (χ2n) is 8.46. The molecule has 2 saturated carbocycles. The van der Waals surface area contributed by atoms with Crippen LogP contribution in [0, 0.1) is 0 Å². The van der Waals surface area contributed by atoms with Crippen molar-refractivity contribution in [2.75, 3.05) is 21.3 Å². The highest BCUT2D eigenvalue weighted by atomic mass is 16.5. The number of tetrazole rings is 1. The normalized spacial score (nSPS) is 26.4. The van der Waals surface area contributed by atoms with Gasteiger partial charge < -0.3 is 19.5 Å². The largest absolute Gasteiger partial charge is 0.497 e. The molecule has 0 saturated heterocycles. The Kier molecular flexibility index (Phi) is 6.65. The topological polar surface area (TPSA) is 83.3 Å². The Hall–Kier alpha value is -2.03. The van der Waals surface area contributed by atoms with Gasteiger partial charge in [0.1, 0.15) is 5.75 Å². The summed E-state index contributed by atoms with van der Waals surface area (Å²) >= 11 is 0. The molecule has 0 aliphatic heterocycles. The third-order valence-electron chi connectivity index (χ3n) is 6.74. The van der Waals surface area contributed by atoms with E-state index in [9.17, 15) is 0 Å². The second-order valence-corrected chi connectivity index (χ2v) is 8.46. The Morgan fingerprint density at radius 1 is 0.967 bits per heavy atom. The molecular formula is C22H33N5O3. The molecule has 4 rings (SSSR count). The van der Waals surface area contributed by atoms with E-state index in [0.717, 1.165) is 49.4 Å². The van der Waals surface area contributed by atoms with Crippen LogP contribution in [0.4, 0.5) is 0 Å². The van der Waals surface area contributed by atoms with Gasteiger partial charge >= 0.3 is 0 Å². The third kappa shape index (κ3) is 4.22. The standard InChI is InChI=1S/C22H33N5O3/c1-28-18-10-8-17(9-11-18)27-21(24-25-26-27)22(13-5-4-6-14-22)23-16-7-12-19(29-2)20(15-16)30-3/h8-11,16,19-20,23H,4-7,12-15H2,1-3H3. The summed E-state index contributed by atoms with van der Waals surface area (Å²) in [5.74, 6) is 1.72. The molecule has 2 fully saturated rings. The summed E-state index contributed by atoms with van der Waals surface area (Å²) in [5, 5.41) is 16.9. The molecule has 0 spiro atoms. The number of hydrogen-bond acceptors (Lipinski definition) is 7. The Labute approximate surface area is 178 Å². The van der Waals surface area contributed by atoms with E-state index in [1.54, 1.807) is 21.3 Å². The molecule has 2 aliphatic carbocycles. The lowest BCUT2D eigenvalue weighted by atomic mass is 9.78. The van der Waals surface area contributed by atoms with Crippen LogP contribution in [0.3, 0.4) is 0 Å². The summed E-state index contributed by atoms with van der Waals surface area (Å²) in [5.41, 5.74) is 0.713. The predicted molar refractivity (Wildman–Crippen MR) is 113 cm³/mol. The van der Waals surface area contributed by atoms with Crippen molar-refractivity contribution in [3.05, 3.63) is 30.1 Å². The Morgan fingerprint density at radius 3 is 2.37 bits per heavy atom. The van der Waals surface area contributed by atoms with Gasteiger partial charge in [0.25, 0.3) is 0 Å². The number of nitrogens with one attached hydrogen (secondary N) is 1. The van der Waals surface area contributed by atoms with E-state index in [1.807, 2.05) is 28.9 Å². The van der Waals surface area contributed by atoms with Crippen LogP contribution in [0.1, 0.15) is 57.2 Å². The zero-order valence-corrected chi connectivity index (χ0v) is 18.2. The first-order valence-corrected chi connectivity index (χ1v) is 11.0. The highest BCUT2D eigenvalue weighted by Gasteiger charge is 2.42. The monoisotopic (exact) mass is 415 g/mol. The molecule has 1 aromatic heterocycles. The summed E-state index contributed by atoms with van der Waals surface area (Å²) < 4.78 is 18.5. The van der Waals surface area contributed by atoms with E-state index in [0.29, 0.717) is 6.04 Å². The minimum atomic E-state index is -0.232. The Balaban J connectivity index is 1.61. The number of nitrogens with zero attached hydrogens (tertiary/aromatic N) is 4. The molecule has 2 aliphatic rings. The van der Waals surface area contributed by atoms with Gasteiger partial charge in [-0.15, -0.1) is 5.10 Å². The van der Waals surface area contributed by atoms with Crippen molar-refractivity contribution in [2.24, 2.45) is 0 Å². The van der Waals surface area contributed by atoms with Crippen molar-refractivity contribution < 1.29 is 14.2 Å². The van der Waals surface area contributed by atoms with Gasteiger partial charge in [0, 0.05) is 20.3 Å². The zero-order valence-electron chi connectivity index (χ0n) is 18.2. The van der Waals surface area contributed by atoms with Crippen molar-refractivity contribution in [1.29, 1.82) is 0 Å². The third-order valence-corrected chi connectivity index (χ3v) is 6.74. The van der Waals surface area contributed by atoms with E-state index < -0.39 is 0 Å². The number of benzene rings is 1. The Bertz CT molecular complexity index is 803. The molecule has 1 N–H and O–H groups in total. The molecule has 0 bridgehead atoms. The fourth-order valence-electron chi connectivity index (χ4n) is 5.11. The average molecular weight is 416 g/mol. The summed E-state index contributed by atoms with van der Waals surface area (Å²) in [6, 6.07) is 8.23. The number of rotatable bonds is 7. The van der Waals surface area contributed by atoms with Crippen molar-refractivity contribution in [2.45, 2.75) is 75.2 Å². The number of aromatic nitrogens is 4. The molecule has 2 aromatic rings. The maximum Gasteiger partial charge on any atom is 0.176 e. The van der Waals surface area contributed by atoms with Gasteiger partial charge in [-0.25, -0.2) is 0 Å². The summed E-state index contributed by atoms with van der Waals surface area (Å²) in [6.45, 7) is 0. The first-order valence-electron chi connectivity index (χ1n) is 11.0. The van der Waals surface area contributed by atoms with Crippen molar-refractivity contribution >= 4 is 0 Å². The van der Waals surface area contributed by atoms with Crippen LogP contribution < -0.4 is 10.1 Å². The number of methoxy groups -OCH3 is 3. The van der Waals surface area contributed by atoms with Crippen LogP contribution >= 0.6 is 0 Å². The van der Waals surface area contributed by atoms with Crippen molar-refractivity contribution in [1.82, 2.24) is 25.5 Å². The first kappa shape index (κ1) is 21.2. The maximum atomic E-state index is 5.73. The van der Waals surface area contributed by atoms with E-state index in [-0.39, 0.29) is 17.7 Å². The minimum Gasteiger partial charge on any atom is -0.497 e. The first-order chi connectivity index (χ1) is 14.7. The van der Waals surface area contributed by atoms with Crippen LogP contribution in [-0.2, 0) is 15.0 Å². The Morgan fingerprint density at radius 2 is 1.70 bits per heavy atom. The van der Waals surface area contributed by atoms with E-state index in [2.05, 4.69) is 20.8 Å². The van der Waals surface area contributed by atoms with E-state index >= 15 is 0 Å². The lowest BCUT2D eigenvalue weighted by molar-refractivity contribution is -0.0680. The van der Waals surface area contributed by atoms with Crippen LogP contribution in [0.2, 0.25) is 0 Å². The lowest BCUT2D eigenvalue weighted by Gasteiger charge is -2.43. The molecule has 30 heavy (non-hydrogen) atoms. The highest BCUT2D eigenvalue weighted by Crippen LogP contribution is 2.39. The molecular weight excluding hydrogens is 382 g/mol. The maximum absolute atomic E-state index is 5.73. The quantitative estimate of drug-likeness (QED) is 0.744. The zero-order chi connectivity index (χ0) is 21.0. The van der Waals surface area contributed by atoms with Gasteiger partial charge in [0.15, 0.2) is 5.82 Å². The van der Waals surface area contributed by atoms with Crippen LogP contribution in [0.5, 0.6) is 5.75 Å². The van der Waals surface area contributed by atoms with Crippen LogP contribution in [0.15, 0.2) is 24.3 Å². The fourth-order valence-corrected chi connectivity index (χ4v) is 5.11. The fraction of sp³-hybridized carbons (Fsp3) is 0.682. The molecule has 3 atom stereocenters. The van der Waals surface area contributed by atoms with E-state index in [4.69, 9.17) is 14.2 Å². The molecule has 8 nitrogen and oxygen atoms in total. The SMILES string of the molecule is COc1ccc(-n2nnnc2C2(NC3CCC(OC)C(OC)C3)CCCCC2)cc1. The molecule has 164 valence electrons. The van der Waals surface area contributed by atoms with Gasteiger partial charge in [-0.2, -0.15) is 4.68 Å². The van der Waals surface area contributed by atoms with Gasteiger partial charge in [-0.05, 0) is 66.8 Å². The van der Waals surface area contributed by atoms with Crippen LogP contribution in [0.25, 0.3) is 5.69 Å². The number of hydrogen-bond donors (Lipinski definition) is 1. The molecule has 0 radical (unpaired) electrons. The van der Waals surface area contributed by atoms with Crippen LogP contribution in [-0.4, -0.2) is 59.8 Å². The van der Waals surface area contributed by atoms with Gasteiger partial charge in [0.05, 0.1) is 30.5 Å². The van der Waals surface area contributed by atoms with Crippen molar-refractivity contribution in [3.63, 3.8) is 0 Å². The summed E-state index contributed by atoms with van der Waals surface area (Å²) in [6.07, 6.45) is 8.92. The second kappa shape index (κ2) is 9.41. The van der Waals surface area contributed by atoms with E-state index in [1.165, 1.54) is 19.3 Å². The lowest BCUT2D eigenvalue weighted by Crippen LogP contribution is -2.54. The highest BCUT2D eigenvalue weighted by molar-refractivity contribution is 5.37. The molecule has 1 heterocycles. The summed E-state index contributed by atoms with van der Waals surface area (Å²) in [4.78, 5) is 0. The molecule has 8 heteroatoms. The van der Waals surface area contributed by atoms with Crippen molar-refractivity contribution in [3.8, 4) is 11.4 Å². The molecule has 0 amide bonds. The van der Waals surface area contributed by atoms with Gasteiger partial charge in [-0.1, -0.05) is 19.3 Å². The minimum absolute atomic E-state index is 0.111. The van der Waals surface area contributed by atoms with Gasteiger partial charge in [-0.3, -0.25) is 0 Å². The van der Waals surface area contributed by atoms with Gasteiger partial charge in [0.2, 0.25) is 0 Å². The number of ether oxygens (including phenoxy) is 3. The average Bonchev–Trinajstić information content (AvgIpc) is 3.30.